The third-order valence-corrected chi connectivity index (χ3v) is 11.2. The number of benzene rings is 4. The molecule has 215 valence electrons. The van der Waals surface area contributed by atoms with Gasteiger partial charge in [0.05, 0.1) is 0 Å². The second-order valence-electron chi connectivity index (χ2n) is 10.7. The number of nitrogens with zero attached hydrogens (tertiary/aromatic N) is 2. The molecule has 43 heavy (non-hydrogen) atoms. The second kappa shape index (κ2) is 12.7. The van der Waals surface area contributed by atoms with Crippen molar-refractivity contribution in [3.63, 3.8) is 0 Å². The summed E-state index contributed by atoms with van der Waals surface area (Å²) in [5.41, 5.74) is 8.44. The van der Waals surface area contributed by atoms with Crippen LogP contribution in [0.15, 0.2) is 116 Å². The topological polar surface area (TPSA) is 25.8 Å². The van der Waals surface area contributed by atoms with E-state index in [0.717, 1.165) is 16.8 Å². The van der Waals surface area contributed by atoms with E-state index in [4.69, 9.17) is 12.3 Å². The third kappa shape index (κ3) is 6.23. The normalized spacial score (nSPS) is 16.3. The Morgan fingerprint density at radius 2 is 1.16 bits per heavy atom. The zero-order valence-electron chi connectivity index (χ0n) is 32.7. The molecule has 2 aromatic heterocycles. The van der Waals surface area contributed by atoms with Crippen LogP contribution in [-0.2, 0) is 20.1 Å². The van der Waals surface area contributed by atoms with Gasteiger partial charge in [-0.05, 0) is 57.7 Å². The number of hydrogen-bond acceptors (Lipinski definition) is 2. The quantitative estimate of drug-likeness (QED) is 0.134. The predicted octanol–water partition coefficient (Wildman–Crippen LogP) is 8.49. The average Bonchev–Trinajstić information content (AvgIpc) is 3.34. The summed E-state index contributed by atoms with van der Waals surface area (Å²) in [6, 6.07) is 38.7. The van der Waals surface area contributed by atoms with E-state index in [1.54, 1.807) is 24.3 Å². The zero-order valence-corrected chi connectivity index (χ0v) is 27.1. The van der Waals surface area contributed by atoms with Crippen LogP contribution in [0, 0.1) is 32.7 Å². The molecule has 0 unspecified atom stereocenters. The van der Waals surface area contributed by atoms with Gasteiger partial charge in [-0.1, -0.05) is 97.8 Å². The van der Waals surface area contributed by atoms with Crippen LogP contribution in [0.3, 0.4) is 0 Å². The summed E-state index contributed by atoms with van der Waals surface area (Å²) in [6.45, 7) is -1.63. The summed E-state index contributed by atoms with van der Waals surface area (Å²) in [5.74, 6) is 0. The molecule has 0 amide bonds. The number of pyridine rings is 2. The minimum atomic E-state index is -2.18. The molecule has 0 saturated carbocycles. The van der Waals surface area contributed by atoms with E-state index in [0.29, 0.717) is 11.3 Å². The fourth-order valence-corrected chi connectivity index (χ4v) is 8.53. The minimum absolute atomic E-state index is 0. The fourth-order valence-electron chi connectivity index (χ4n) is 5.44. The van der Waals surface area contributed by atoms with Crippen molar-refractivity contribution in [3.8, 4) is 44.8 Å². The van der Waals surface area contributed by atoms with Gasteiger partial charge in [0.15, 0.2) is 0 Å². The largest absolute Gasteiger partial charge is 0.304 e. The van der Waals surface area contributed by atoms with Gasteiger partial charge in [-0.2, -0.15) is 0 Å². The van der Waals surface area contributed by atoms with Crippen molar-refractivity contribution in [2.24, 2.45) is 0 Å². The maximum Gasteiger partial charge on any atom is 0.113 e. The Morgan fingerprint density at radius 1 is 0.581 bits per heavy atom. The van der Waals surface area contributed by atoms with Crippen LogP contribution in [-0.4, -0.2) is 18.0 Å². The van der Waals surface area contributed by atoms with Crippen LogP contribution in [0.2, 0.25) is 13.1 Å². The van der Waals surface area contributed by atoms with Crippen molar-refractivity contribution in [2.45, 2.75) is 33.6 Å². The summed E-state index contributed by atoms with van der Waals surface area (Å²) in [5, 5.41) is 2.98. The molecular weight excluding hydrogens is 717 g/mol. The molecule has 1 radical (unpaired) electrons. The van der Waals surface area contributed by atoms with E-state index in [-0.39, 0.29) is 36.8 Å². The predicted molar refractivity (Wildman–Crippen MR) is 179 cm³/mol. The Bertz CT molecular complexity index is 2100. The van der Waals surface area contributed by atoms with Gasteiger partial charge in [-0.15, -0.1) is 65.2 Å². The summed E-state index contributed by atoms with van der Waals surface area (Å²) in [4.78, 5) is 8.41. The van der Waals surface area contributed by atoms with E-state index in [9.17, 15) is 0 Å². The Balaban J connectivity index is 0.000000217. The molecule has 0 spiro atoms. The van der Waals surface area contributed by atoms with Crippen LogP contribution in [0.25, 0.3) is 44.8 Å². The molecule has 0 atom stereocenters. The number of aryl methyl sites for hydroxylation is 3. The van der Waals surface area contributed by atoms with Gasteiger partial charge in [-0.3, -0.25) is 0 Å². The first-order valence-electron chi connectivity index (χ1n) is 18.2. The second-order valence-corrected chi connectivity index (χ2v) is 15.1. The molecule has 7 rings (SSSR count). The molecule has 2 nitrogen and oxygen atoms in total. The molecule has 1 aliphatic rings. The standard InChI is InChI=1S/C26H22NSi.C13H12N.Ir/c1-18-11-16-23(27-17-18)20-14-12-19(13-15-20)21-8-6-10-25-26(21)22-7-4-5-9-24(22)28(25,2)3;1-10-3-6-12(7-4-10)13-8-5-11(2)9-14-13;/h4-14,16-17H,1-3H3;3-6,8-9H,1-2H3;/q2*-1;/i1D3;1D3,2D3;. The van der Waals surface area contributed by atoms with Crippen LogP contribution in [0.4, 0.5) is 0 Å². The fraction of sp³-hybridized carbons (Fsp3) is 0.128. The van der Waals surface area contributed by atoms with Crippen molar-refractivity contribution >= 4 is 18.4 Å². The summed E-state index contributed by atoms with van der Waals surface area (Å²) < 4.78 is 66.1. The zero-order chi connectivity index (χ0) is 36.8. The summed E-state index contributed by atoms with van der Waals surface area (Å²) in [6.07, 6.45) is 2.73. The molecule has 1 aliphatic heterocycles. The maximum atomic E-state index is 7.50. The smallest absolute Gasteiger partial charge is 0.113 e. The van der Waals surface area contributed by atoms with E-state index in [2.05, 4.69) is 83.7 Å². The van der Waals surface area contributed by atoms with Crippen molar-refractivity contribution in [3.05, 3.63) is 144 Å². The van der Waals surface area contributed by atoms with Crippen LogP contribution >= 0.6 is 0 Å². The monoisotopic (exact) mass is 760 g/mol. The first kappa shape index (κ1) is 20.9. The molecule has 0 fully saturated rings. The van der Waals surface area contributed by atoms with Crippen molar-refractivity contribution in [2.75, 3.05) is 0 Å². The Kier molecular flexibility index (Phi) is 6.18. The Morgan fingerprint density at radius 3 is 1.72 bits per heavy atom. The maximum absolute atomic E-state index is 7.50. The first-order chi connectivity index (χ1) is 23.9. The van der Waals surface area contributed by atoms with Gasteiger partial charge < -0.3 is 9.97 Å². The van der Waals surface area contributed by atoms with Crippen molar-refractivity contribution < 1.29 is 32.4 Å². The molecule has 0 N–H and O–H groups in total. The summed E-state index contributed by atoms with van der Waals surface area (Å²) in [7, 11) is -1.70. The molecule has 0 saturated heterocycles. The number of hydrogen-bond donors (Lipinski definition) is 0. The Labute approximate surface area is 282 Å². The molecule has 3 heterocycles. The molecular formula is C39H34IrN2Si-2. The van der Waals surface area contributed by atoms with E-state index in [1.165, 1.54) is 57.7 Å². The van der Waals surface area contributed by atoms with Gasteiger partial charge in [0.1, 0.15) is 8.07 Å². The van der Waals surface area contributed by atoms with Crippen LogP contribution in [0.5, 0.6) is 0 Å². The van der Waals surface area contributed by atoms with E-state index >= 15 is 0 Å². The molecule has 6 aromatic rings. The average molecular weight is 760 g/mol. The van der Waals surface area contributed by atoms with Gasteiger partial charge in [0.25, 0.3) is 0 Å². The number of aromatic nitrogens is 2. The van der Waals surface area contributed by atoms with Gasteiger partial charge in [0.2, 0.25) is 0 Å². The SMILES string of the molecule is [2H]C([2H])([2H])c1c[c-]c(-c2ccc(C([2H])([2H])[2H])cn2)cc1.[2H]C([2H])([2H])c1ccc(-c2[c-]cc(-c3cccc4c3-c3ccccc3[Si]4(C)C)cc2)nc1.[Ir]. The number of fused-ring (bicyclic) bond motifs is 3. The third-order valence-electron chi connectivity index (χ3n) is 7.62. The van der Waals surface area contributed by atoms with Gasteiger partial charge >= 0.3 is 0 Å². The molecule has 0 aliphatic carbocycles. The molecule has 4 aromatic carbocycles. The van der Waals surface area contributed by atoms with Crippen molar-refractivity contribution in [1.82, 2.24) is 9.97 Å². The van der Waals surface area contributed by atoms with Crippen LogP contribution < -0.4 is 10.4 Å². The van der Waals surface area contributed by atoms with Crippen LogP contribution in [0.1, 0.15) is 29.0 Å². The van der Waals surface area contributed by atoms with E-state index < -0.39 is 28.6 Å². The van der Waals surface area contributed by atoms with Gasteiger partial charge in [0, 0.05) is 44.8 Å². The Hall–Kier alpha value is -3.95. The minimum Gasteiger partial charge on any atom is -0.304 e. The molecule has 0 bridgehead atoms. The van der Waals surface area contributed by atoms with E-state index in [1.807, 2.05) is 12.1 Å². The first-order valence-corrected chi connectivity index (χ1v) is 16.7. The van der Waals surface area contributed by atoms with Gasteiger partial charge in [-0.25, -0.2) is 0 Å². The number of rotatable bonds is 3. The summed E-state index contributed by atoms with van der Waals surface area (Å²) >= 11 is 0. The van der Waals surface area contributed by atoms with Crippen molar-refractivity contribution in [1.29, 1.82) is 0 Å². The molecule has 4 heteroatoms.